The maximum atomic E-state index is 11.8. The number of rotatable bonds is 3. The number of hydrazone groups is 1. The van der Waals surface area contributed by atoms with Crippen molar-refractivity contribution in [2.75, 3.05) is 0 Å². The molecule has 0 aromatic carbocycles. The van der Waals surface area contributed by atoms with Crippen molar-refractivity contribution >= 4 is 23.8 Å². The average molecular weight is 294 g/mol. The quantitative estimate of drug-likeness (QED) is 0.585. The second kappa shape index (κ2) is 6.60. The highest BCUT2D eigenvalue weighted by Gasteiger charge is 2.13. The minimum Gasteiger partial charge on any atom is -0.335 e. The topological polar surface area (TPSA) is 90.1 Å². The number of nitrogens with zero attached hydrogens (tertiary/aromatic N) is 1. The van der Waals surface area contributed by atoms with Crippen LogP contribution in [0.5, 0.6) is 0 Å². The fourth-order valence-electron chi connectivity index (χ4n) is 2.18. The zero-order valence-corrected chi connectivity index (χ0v) is 12.2. The van der Waals surface area contributed by atoms with Gasteiger partial charge < -0.3 is 4.98 Å². The highest BCUT2D eigenvalue weighted by molar-refractivity contribution is 7.71. The van der Waals surface area contributed by atoms with Gasteiger partial charge in [-0.25, -0.2) is 5.43 Å². The van der Waals surface area contributed by atoms with Crippen LogP contribution in [-0.4, -0.2) is 21.6 Å². The molecule has 0 bridgehead atoms. The minimum absolute atomic E-state index is 0.0563. The Morgan fingerprint density at radius 1 is 1.45 bits per heavy atom. The first-order valence-corrected chi connectivity index (χ1v) is 7.10. The lowest BCUT2D eigenvalue weighted by atomic mass is 9.90. The fraction of sp³-hybridized carbons (Fsp3) is 0.538. The molecule has 0 radical (unpaired) electrons. The van der Waals surface area contributed by atoms with E-state index in [1.807, 2.05) is 0 Å². The Morgan fingerprint density at radius 2 is 2.15 bits per heavy atom. The van der Waals surface area contributed by atoms with Gasteiger partial charge in [-0.05, 0) is 43.8 Å². The molecule has 7 heteroatoms. The summed E-state index contributed by atoms with van der Waals surface area (Å²) in [6.07, 6.45) is 4.18. The summed E-state index contributed by atoms with van der Waals surface area (Å²) in [6, 6.07) is 1.32. The first kappa shape index (κ1) is 14.6. The zero-order valence-electron chi connectivity index (χ0n) is 11.4. The summed E-state index contributed by atoms with van der Waals surface area (Å²) in [7, 11) is 0. The SMILES string of the molecule is CC1CCC(=NNC(=O)Cc2cc(=O)[nH]c(=S)[nH]2)CC1. The van der Waals surface area contributed by atoms with Crippen molar-refractivity contribution in [2.45, 2.75) is 39.0 Å². The molecule has 2 rings (SSSR count). The molecule has 0 unspecified atom stereocenters. The van der Waals surface area contributed by atoms with Gasteiger partial charge in [0.1, 0.15) is 0 Å². The molecule has 6 nitrogen and oxygen atoms in total. The lowest BCUT2D eigenvalue weighted by Gasteiger charge is -2.18. The standard InChI is InChI=1S/C13H18N4O2S/c1-8-2-4-9(5-3-8)16-17-12(19)7-10-6-11(18)15-13(20)14-10/h6,8H,2-5,7H2,1H3,(H,17,19)(H2,14,15,18,20). The van der Waals surface area contributed by atoms with Crippen LogP contribution in [0, 0.1) is 10.7 Å². The third-order valence-corrected chi connectivity index (χ3v) is 3.56. The maximum Gasteiger partial charge on any atom is 0.251 e. The molecule has 1 aromatic rings. The van der Waals surface area contributed by atoms with Crippen LogP contribution in [0.15, 0.2) is 16.0 Å². The molecule has 0 saturated heterocycles. The van der Waals surface area contributed by atoms with E-state index in [2.05, 4.69) is 27.4 Å². The molecule has 1 saturated carbocycles. The Bertz CT molecular complexity index is 593. The summed E-state index contributed by atoms with van der Waals surface area (Å²) in [5.74, 6) is 0.480. The molecule has 0 spiro atoms. The van der Waals surface area contributed by atoms with Gasteiger partial charge in [-0.3, -0.25) is 14.6 Å². The minimum atomic E-state index is -0.316. The predicted octanol–water partition coefficient (Wildman–Crippen LogP) is 1.66. The van der Waals surface area contributed by atoms with Gasteiger partial charge in [0, 0.05) is 17.5 Å². The first-order valence-electron chi connectivity index (χ1n) is 6.69. The summed E-state index contributed by atoms with van der Waals surface area (Å²) in [6.45, 7) is 2.23. The maximum absolute atomic E-state index is 11.8. The third kappa shape index (κ3) is 4.41. The lowest BCUT2D eigenvalue weighted by Crippen LogP contribution is -2.24. The van der Waals surface area contributed by atoms with E-state index in [1.54, 1.807) is 0 Å². The van der Waals surface area contributed by atoms with Crippen molar-refractivity contribution in [1.29, 1.82) is 0 Å². The Labute approximate surface area is 121 Å². The van der Waals surface area contributed by atoms with Gasteiger partial charge in [-0.1, -0.05) is 6.92 Å². The number of aromatic amines is 2. The Hall–Kier alpha value is -1.76. The molecule has 1 heterocycles. The Balaban J connectivity index is 1.91. The van der Waals surface area contributed by atoms with E-state index in [4.69, 9.17) is 12.2 Å². The van der Waals surface area contributed by atoms with Crippen molar-refractivity contribution in [3.05, 3.63) is 26.9 Å². The number of hydrogen-bond donors (Lipinski definition) is 3. The van der Waals surface area contributed by atoms with E-state index in [1.165, 1.54) is 6.07 Å². The fourth-order valence-corrected chi connectivity index (χ4v) is 2.41. The number of aromatic nitrogens is 2. The molecule has 3 N–H and O–H groups in total. The van der Waals surface area contributed by atoms with Crippen molar-refractivity contribution in [2.24, 2.45) is 11.0 Å². The molecule has 108 valence electrons. The van der Waals surface area contributed by atoms with Gasteiger partial charge in [-0.2, -0.15) is 5.10 Å². The molecular formula is C13H18N4O2S. The molecule has 1 fully saturated rings. The second-order valence-electron chi connectivity index (χ2n) is 5.19. The van der Waals surface area contributed by atoms with E-state index < -0.39 is 0 Å². The summed E-state index contributed by atoms with van der Waals surface area (Å²) in [5.41, 5.74) is 3.74. The van der Waals surface area contributed by atoms with Crippen LogP contribution >= 0.6 is 12.2 Å². The van der Waals surface area contributed by atoms with Gasteiger partial charge in [0.2, 0.25) is 5.91 Å². The molecule has 1 aliphatic rings. The number of carbonyl (C=O) groups is 1. The van der Waals surface area contributed by atoms with Gasteiger partial charge in [-0.15, -0.1) is 0 Å². The Morgan fingerprint density at radius 3 is 2.80 bits per heavy atom. The van der Waals surface area contributed by atoms with Crippen LogP contribution in [-0.2, 0) is 11.2 Å². The monoisotopic (exact) mass is 294 g/mol. The molecule has 1 aliphatic carbocycles. The lowest BCUT2D eigenvalue weighted by molar-refractivity contribution is -0.120. The van der Waals surface area contributed by atoms with Gasteiger partial charge in [0.15, 0.2) is 4.77 Å². The van der Waals surface area contributed by atoms with Crippen LogP contribution in [0.25, 0.3) is 0 Å². The number of H-pyrrole nitrogens is 2. The van der Waals surface area contributed by atoms with Crippen molar-refractivity contribution in [3.8, 4) is 0 Å². The van der Waals surface area contributed by atoms with E-state index >= 15 is 0 Å². The van der Waals surface area contributed by atoms with Gasteiger partial charge in [0.05, 0.1) is 6.42 Å². The smallest absolute Gasteiger partial charge is 0.251 e. The Kier molecular flexibility index (Phi) is 4.84. The van der Waals surface area contributed by atoms with Crippen LogP contribution in [0.3, 0.4) is 0 Å². The molecule has 0 atom stereocenters. The first-order chi connectivity index (χ1) is 9.52. The van der Waals surface area contributed by atoms with E-state index in [9.17, 15) is 9.59 Å². The van der Waals surface area contributed by atoms with Crippen LogP contribution in [0.1, 0.15) is 38.3 Å². The normalized spacial score (nSPS) is 18.6. The summed E-state index contributed by atoms with van der Waals surface area (Å²) in [5, 5.41) is 4.15. The van der Waals surface area contributed by atoms with E-state index in [0.717, 1.165) is 37.3 Å². The number of nitrogens with one attached hydrogen (secondary N) is 3. The number of carbonyl (C=O) groups excluding carboxylic acids is 1. The van der Waals surface area contributed by atoms with E-state index in [-0.39, 0.29) is 22.7 Å². The highest BCUT2D eigenvalue weighted by atomic mass is 32.1. The van der Waals surface area contributed by atoms with Crippen molar-refractivity contribution in [3.63, 3.8) is 0 Å². The zero-order chi connectivity index (χ0) is 14.5. The largest absolute Gasteiger partial charge is 0.335 e. The van der Waals surface area contributed by atoms with Crippen LogP contribution in [0.2, 0.25) is 0 Å². The molecule has 1 aromatic heterocycles. The summed E-state index contributed by atoms with van der Waals surface area (Å²) < 4.78 is 0.216. The predicted molar refractivity (Wildman–Crippen MR) is 79.2 cm³/mol. The summed E-state index contributed by atoms with van der Waals surface area (Å²) >= 11 is 4.85. The molecule has 0 aliphatic heterocycles. The van der Waals surface area contributed by atoms with Crippen LogP contribution < -0.4 is 11.0 Å². The molecule has 1 amide bonds. The molecular weight excluding hydrogens is 276 g/mol. The third-order valence-electron chi connectivity index (χ3n) is 3.36. The van der Waals surface area contributed by atoms with Crippen molar-refractivity contribution < 1.29 is 4.79 Å². The number of hydrogen-bond acceptors (Lipinski definition) is 4. The molecule has 20 heavy (non-hydrogen) atoms. The summed E-state index contributed by atoms with van der Waals surface area (Å²) in [4.78, 5) is 28.2. The average Bonchev–Trinajstić information content (AvgIpc) is 2.37. The number of amides is 1. The van der Waals surface area contributed by atoms with Crippen molar-refractivity contribution in [1.82, 2.24) is 15.4 Å². The van der Waals surface area contributed by atoms with Gasteiger partial charge in [0.25, 0.3) is 5.56 Å². The van der Waals surface area contributed by atoms with E-state index in [0.29, 0.717) is 5.69 Å². The van der Waals surface area contributed by atoms with Crippen LogP contribution in [0.4, 0.5) is 0 Å². The second-order valence-corrected chi connectivity index (χ2v) is 5.59. The highest BCUT2D eigenvalue weighted by Crippen LogP contribution is 2.20. The van der Waals surface area contributed by atoms with Gasteiger partial charge >= 0.3 is 0 Å².